The van der Waals surface area contributed by atoms with Crippen molar-refractivity contribution in [3.05, 3.63) is 59.2 Å². The van der Waals surface area contributed by atoms with E-state index in [0.717, 1.165) is 32.4 Å². The highest BCUT2D eigenvalue weighted by molar-refractivity contribution is 5.88. The molecule has 2 aromatic carbocycles. The molecule has 0 bridgehead atoms. The number of ketones is 1. The SMILES string of the molecule is CCN1CCC(c2ccc3c(c2)Nc2ccccc2CC3)C(=O)C1. The van der Waals surface area contributed by atoms with E-state index < -0.39 is 0 Å². The third-order valence-electron chi connectivity index (χ3n) is 5.44. The summed E-state index contributed by atoms with van der Waals surface area (Å²) in [6.45, 7) is 4.69. The molecule has 1 N–H and O–H groups in total. The number of likely N-dealkylation sites (tertiary alicyclic amines) is 1. The minimum absolute atomic E-state index is 0.0541. The number of nitrogens with zero attached hydrogens (tertiary/aromatic N) is 1. The summed E-state index contributed by atoms with van der Waals surface area (Å²) in [6.07, 6.45) is 3.03. The average molecular weight is 320 g/mol. The number of para-hydroxylation sites is 1. The molecule has 0 radical (unpaired) electrons. The molecule has 24 heavy (non-hydrogen) atoms. The Hall–Kier alpha value is -2.13. The number of carbonyl (C=O) groups excluding carboxylic acids is 1. The van der Waals surface area contributed by atoms with Crippen molar-refractivity contribution in [1.82, 2.24) is 4.90 Å². The number of rotatable bonds is 2. The van der Waals surface area contributed by atoms with Gasteiger partial charge in [-0.15, -0.1) is 0 Å². The van der Waals surface area contributed by atoms with Crippen molar-refractivity contribution in [2.24, 2.45) is 0 Å². The van der Waals surface area contributed by atoms with Gasteiger partial charge in [0.2, 0.25) is 0 Å². The fourth-order valence-electron chi connectivity index (χ4n) is 3.92. The number of aryl methyl sites for hydroxylation is 2. The summed E-state index contributed by atoms with van der Waals surface area (Å²) in [5, 5.41) is 3.60. The van der Waals surface area contributed by atoms with Crippen LogP contribution in [-0.2, 0) is 17.6 Å². The Morgan fingerprint density at radius 2 is 1.88 bits per heavy atom. The van der Waals surface area contributed by atoms with Crippen molar-refractivity contribution in [3.63, 3.8) is 0 Å². The van der Waals surface area contributed by atoms with Crippen LogP contribution in [0, 0.1) is 0 Å². The summed E-state index contributed by atoms with van der Waals surface area (Å²) in [4.78, 5) is 14.8. The number of benzene rings is 2. The standard InChI is InChI=1S/C21H24N2O/c1-2-23-12-11-18(21(24)14-23)17-10-9-16-8-7-15-5-3-4-6-19(15)22-20(16)13-17/h3-6,9-10,13,18,22H,2,7-8,11-12,14H2,1H3. The maximum Gasteiger partial charge on any atom is 0.154 e. The molecule has 0 saturated carbocycles. The molecule has 2 aromatic rings. The van der Waals surface area contributed by atoms with E-state index in [9.17, 15) is 4.79 Å². The Balaban J connectivity index is 1.62. The average Bonchev–Trinajstić information content (AvgIpc) is 2.80. The minimum atomic E-state index is 0.0541. The molecule has 124 valence electrons. The Kier molecular flexibility index (Phi) is 4.11. The van der Waals surface area contributed by atoms with Crippen LogP contribution < -0.4 is 5.32 Å². The Bertz CT molecular complexity index is 768. The van der Waals surface area contributed by atoms with Gasteiger partial charge in [-0.25, -0.2) is 0 Å². The van der Waals surface area contributed by atoms with E-state index in [1.165, 1.54) is 28.1 Å². The smallest absolute Gasteiger partial charge is 0.154 e. The lowest BCUT2D eigenvalue weighted by Gasteiger charge is -2.30. The number of hydrogen-bond acceptors (Lipinski definition) is 3. The van der Waals surface area contributed by atoms with Crippen LogP contribution in [0.1, 0.15) is 36.0 Å². The molecule has 4 rings (SSSR count). The third kappa shape index (κ3) is 2.84. The highest BCUT2D eigenvalue weighted by Gasteiger charge is 2.28. The number of piperidine rings is 1. The van der Waals surface area contributed by atoms with E-state index in [4.69, 9.17) is 0 Å². The van der Waals surface area contributed by atoms with Crippen LogP contribution in [0.2, 0.25) is 0 Å². The van der Waals surface area contributed by atoms with E-state index >= 15 is 0 Å². The van der Waals surface area contributed by atoms with Crippen LogP contribution >= 0.6 is 0 Å². The lowest BCUT2D eigenvalue weighted by Crippen LogP contribution is -2.39. The zero-order chi connectivity index (χ0) is 16.5. The number of likely N-dealkylation sites (N-methyl/N-ethyl adjacent to an activating group) is 1. The first-order valence-electron chi connectivity index (χ1n) is 8.97. The van der Waals surface area contributed by atoms with Gasteiger partial charge in [0.1, 0.15) is 0 Å². The van der Waals surface area contributed by atoms with E-state index in [2.05, 4.69) is 59.6 Å². The number of anilines is 2. The molecule has 1 atom stereocenters. The summed E-state index contributed by atoms with van der Waals surface area (Å²) < 4.78 is 0. The third-order valence-corrected chi connectivity index (χ3v) is 5.44. The van der Waals surface area contributed by atoms with Crippen molar-refractivity contribution in [1.29, 1.82) is 0 Å². The Labute approximate surface area is 143 Å². The minimum Gasteiger partial charge on any atom is -0.355 e. The van der Waals surface area contributed by atoms with Crippen molar-refractivity contribution < 1.29 is 4.79 Å². The maximum atomic E-state index is 12.5. The summed E-state index contributed by atoms with van der Waals surface area (Å²) in [5.74, 6) is 0.412. The van der Waals surface area contributed by atoms with Gasteiger partial charge >= 0.3 is 0 Å². The van der Waals surface area contributed by atoms with Gasteiger partial charge in [0.05, 0.1) is 6.54 Å². The lowest BCUT2D eigenvalue weighted by molar-refractivity contribution is -0.123. The van der Waals surface area contributed by atoms with E-state index in [0.29, 0.717) is 12.3 Å². The van der Waals surface area contributed by atoms with Gasteiger partial charge in [-0.3, -0.25) is 9.69 Å². The molecule has 0 aromatic heterocycles. The summed E-state index contributed by atoms with van der Waals surface area (Å²) >= 11 is 0. The first-order valence-corrected chi connectivity index (χ1v) is 8.97. The fourth-order valence-corrected chi connectivity index (χ4v) is 3.92. The van der Waals surface area contributed by atoms with E-state index in [1.807, 2.05) is 0 Å². The van der Waals surface area contributed by atoms with Crippen LogP contribution in [-0.4, -0.2) is 30.3 Å². The van der Waals surface area contributed by atoms with Gasteiger partial charge in [0.25, 0.3) is 0 Å². The lowest BCUT2D eigenvalue weighted by atomic mass is 9.87. The van der Waals surface area contributed by atoms with Gasteiger partial charge < -0.3 is 5.32 Å². The van der Waals surface area contributed by atoms with Gasteiger partial charge in [0, 0.05) is 17.3 Å². The second-order valence-electron chi connectivity index (χ2n) is 6.88. The van der Waals surface area contributed by atoms with Gasteiger partial charge in [-0.05, 0) is 61.2 Å². The van der Waals surface area contributed by atoms with Crippen LogP contribution in [0.5, 0.6) is 0 Å². The Morgan fingerprint density at radius 3 is 2.67 bits per heavy atom. The highest BCUT2D eigenvalue weighted by atomic mass is 16.1. The molecule has 2 aliphatic heterocycles. The number of nitrogens with one attached hydrogen (secondary N) is 1. The largest absolute Gasteiger partial charge is 0.355 e. The quantitative estimate of drug-likeness (QED) is 0.910. The highest BCUT2D eigenvalue weighted by Crippen LogP contribution is 2.34. The van der Waals surface area contributed by atoms with Crippen molar-refractivity contribution in [2.45, 2.75) is 32.1 Å². The van der Waals surface area contributed by atoms with E-state index in [-0.39, 0.29) is 5.92 Å². The van der Waals surface area contributed by atoms with E-state index in [1.54, 1.807) is 0 Å². The van der Waals surface area contributed by atoms with Crippen molar-refractivity contribution >= 4 is 17.2 Å². The van der Waals surface area contributed by atoms with Gasteiger partial charge in [-0.2, -0.15) is 0 Å². The molecule has 1 saturated heterocycles. The first kappa shape index (κ1) is 15.4. The topological polar surface area (TPSA) is 32.3 Å². The molecule has 3 nitrogen and oxygen atoms in total. The van der Waals surface area contributed by atoms with Crippen LogP contribution in [0.4, 0.5) is 11.4 Å². The normalized spacial score (nSPS) is 20.7. The molecule has 1 fully saturated rings. The summed E-state index contributed by atoms with van der Waals surface area (Å²) in [6, 6.07) is 15.1. The molecule has 0 amide bonds. The summed E-state index contributed by atoms with van der Waals surface area (Å²) in [7, 11) is 0. The number of carbonyl (C=O) groups is 1. The predicted octanol–water partition coefficient (Wildman–Crippen LogP) is 3.91. The van der Waals surface area contributed by atoms with Crippen molar-refractivity contribution in [3.8, 4) is 0 Å². The van der Waals surface area contributed by atoms with Gasteiger partial charge in [-0.1, -0.05) is 37.3 Å². The predicted molar refractivity (Wildman–Crippen MR) is 98.1 cm³/mol. The zero-order valence-electron chi connectivity index (χ0n) is 14.2. The molecular formula is C21H24N2O. The fraction of sp³-hybridized carbons (Fsp3) is 0.381. The van der Waals surface area contributed by atoms with Gasteiger partial charge in [0.15, 0.2) is 5.78 Å². The van der Waals surface area contributed by atoms with Crippen LogP contribution in [0.25, 0.3) is 0 Å². The number of hydrogen-bond donors (Lipinski definition) is 1. The first-order chi connectivity index (χ1) is 11.7. The van der Waals surface area contributed by atoms with Crippen LogP contribution in [0.15, 0.2) is 42.5 Å². The molecule has 2 heterocycles. The maximum absolute atomic E-state index is 12.5. The molecule has 2 aliphatic rings. The molecule has 1 unspecified atom stereocenters. The molecule has 0 spiro atoms. The molecule has 0 aliphatic carbocycles. The van der Waals surface area contributed by atoms with Crippen LogP contribution in [0.3, 0.4) is 0 Å². The number of fused-ring (bicyclic) bond motifs is 2. The zero-order valence-corrected chi connectivity index (χ0v) is 14.2. The second-order valence-corrected chi connectivity index (χ2v) is 6.88. The van der Waals surface area contributed by atoms with Crippen molar-refractivity contribution in [2.75, 3.05) is 25.0 Å². The Morgan fingerprint density at radius 1 is 1.08 bits per heavy atom. The number of Topliss-reactive ketones (excluding diaryl/α,β-unsaturated/α-hetero) is 1. The molecule has 3 heteroatoms. The monoisotopic (exact) mass is 320 g/mol. The molecular weight excluding hydrogens is 296 g/mol. The summed E-state index contributed by atoms with van der Waals surface area (Å²) in [5.41, 5.74) is 6.24. The second kappa shape index (κ2) is 6.40.